The van der Waals surface area contributed by atoms with Crippen LogP contribution in [0.4, 0.5) is 10.1 Å². The third kappa shape index (κ3) is 3.74. The molecule has 2 saturated heterocycles. The van der Waals surface area contributed by atoms with E-state index in [1.54, 1.807) is 36.4 Å². The summed E-state index contributed by atoms with van der Waals surface area (Å²) >= 11 is 12.6. The maximum absolute atomic E-state index is 15.9. The lowest BCUT2D eigenvalue weighted by molar-refractivity contribution is -0.128. The lowest BCUT2D eigenvalue weighted by Gasteiger charge is -2.41. The summed E-state index contributed by atoms with van der Waals surface area (Å²) in [5, 5.41) is 16.7. The lowest BCUT2D eigenvalue weighted by Crippen LogP contribution is -2.53. The van der Waals surface area contributed by atoms with Crippen molar-refractivity contribution in [3.8, 4) is 0 Å². The largest absolute Gasteiger partial charge is 0.478 e. The van der Waals surface area contributed by atoms with Gasteiger partial charge in [-0.2, -0.15) is 0 Å². The minimum Gasteiger partial charge on any atom is -0.478 e. The average Bonchev–Trinajstić information content (AvgIpc) is 3.48. The van der Waals surface area contributed by atoms with Crippen molar-refractivity contribution < 1.29 is 19.1 Å². The van der Waals surface area contributed by atoms with Crippen LogP contribution in [-0.4, -0.2) is 40.5 Å². The number of likely N-dealkylation sites (tertiary alicyclic amines) is 1. The number of hydrogen-bond donors (Lipinski definition) is 3. The number of benzene rings is 3. The molecule has 3 heterocycles. The van der Waals surface area contributed by atoms with E-state index in [4.69, 9.17) is 23.2 Å². The highest BCUT2D eigenvalue weighted by molar-refractivity contribution is 6.31. The average molecular weight is 566 g/mol. The Morgan fingerprint density at radius 1 is 1.10 bits per heavy atom. The minimum atomic E-state index is -1.13. The predicted octanol–water partition coefficient (Wildman–Crippen LogP) is 5.96. The van der Waals surface area contributed by atoms with Crippen LogP contribution >= 0.6 is 23.2 Å². The molecule has 0 radical (unpaired) electrons. The molecule has 4 aliphatic rings. The molecular weight excluding hydrogens is 540 g/mol. The summed E-state index contributed by atoms with van der Waals surface area (Å²) in [5.74, 6) is -1.75. The Kier molecular flexibility index (Phi) is 5.79. The quantitative estimate of drug-likeness (QED) is 0.355. The molecule has 5 atom stereocenters. The Morgan fingerprint density at radius 2 is 1.87 bits per heavy atom. The minimum absolute atomic E-state index is 0.0217. The van der Waals surface area contributed by atoms with E-state index in [0.29, 0.717) is 28.6 Å². The monoisotopic (exact) mass is 565 g/mol. The summed E-state index contributed by atoms with van der Waals surface area (Å²) in [6.45, 7) is 0.724. The second-order valence-electron chi connectivity index (χ2n) is 11.1. The molecule has 0 bridgehead atoms. The van der Waals surface area contributed by atoms with Gasteiger partial charge in [-0.25, -0.2) is 9.18 Å². The Labute approximate surface area is 235 Å². The second kappa shape index (κ2) is 9.03. The van der Waals surface area contributed by atoms with E-state index in [1.165, 1.54) is 6.07 Å². The molecule has 3 fully saturated rings. The maximum atomic E-state index is 15.9. The number of carboxylic acids is 1. The van der Waals surface area contributed by atoms with Crippen LogP contribution in [0.5, 0.6) is 0 Å². The molecule has 0 aromatic heterocycles. The SMILES string of the molecule is O=C(O)c1ccc([C@H]2C[C@H]3[C@@H](N2)[C@H](c2cccc(Cl)c2F)[C@]2(C(=O)Nc4cc(Cl)ccc42)N3CC2CC2)cc1. The van der Waals surface area contributed by atoms with Crippen molar-refractivity contribution in [1.29, 1.82) is 0 Å². The highest BCUT2D eigenvalue weighted by Gasteiger charge is 2.69. The number of aromatic carboxylic acids is 1. The fourth-order valence-electron chi connectivity index (χ4n) is 7.15. The molecular formula is C30H26Cl2FN3O3. The van der Waals surface area contributed by atoms with Crippen LogP contribution in [0.3, 0.4) is 0 Å². The van der Waals surface area contributed by atoms with Crippen molar-refractivity contribution in [2.75, 3.05) is 11.9 Å². The number of amides is 1. The van der Waals surface area contributed by atoms with Crippen LogP contribution in [0, 0.1) is 11.7 Å². The van der Waals surface area contributed by atoms with E-state index in [-0.39, 0.29) is 34.6 Å². The topological polar surface area (TPSA) is 81.7 Å². The summed E-state index contributed by atoms with van der Waals surface area (Å²) in [4.78, 5) is 27.9. The molecule has 39 heavy (non-hydrogen) atoms. The zero-order valence-electron chi connectivity index (χ0n) is 20.8. The lowest BCUT2D eigenvalue weighted by atomic mass is 9.73. The van der Waals surface area contributed by atoms with Crippen LogP contribution in [0.25, 0.3) is 0 Å². The second-order valence-corrected chi connectivity index (χ2v) is 11.9. The van der Waals surface area contributed by atoms with E-state index < -0.39 is 23.2 Å². The van der Waals surface area contributed by atoms with E-state index in [1.807, 2.05) is 18.2 Å². The molecule has 3 aliphatic heterocycles. The van der Waals surface area contributed by atoms with Crippen molar-refractivity contribution in [1.82, 2.24) is 10.2 Å². The summed E-state index contributed by atoms with van der Waals surface area (Å²) in [5.41, 5.74) is 1.92. The van der Waals surface area contributed by atoms with Crippen LogP contribution in [0.15, 0.2) is 60.7 Å². The molecule has 9 heteroatoms. The highest BCUT2D eigenvalue weighted by atomic mass is 35.5. The van der Waals surface area contributed by atoms with Crippen molar-refractivity contribution in [3.63, 3.8) is 0 Å². The molecule has 3 N–H and O–H groups in total. The van der Waals surface area contributed by atoms with E-state index >= 15 is 4.39 Å². The molecule has 0 unspecified atom stereocenters. The van der Waals surface area contributed by atoms with Gasteiger partial charge < -0.3 is 15.7 Å². The third-order valence-electron chi connectivity index (χ3n) is 8.96. The molecule has 1 saturated carbocycles. The number of rotatable bonds is 5. The molecule has 3 aromatic rings. The van der Waals surface area contributed by atoms with Crippen molar-refractivity contribution >= 4 is 40.8 Å². The number of carboxylic acid groups (broad SMARTS) is 1. The first kappa shape index (κ1) is 25.0. The van der Waals surface area contributed by atoms with Gasteiger partial charge in [0, 0.05) is 46.9 Å². The van der Waals surface area contributed by atoms with E-state index in [2.05, 4.69) is 15.5 Å². The third-order valence-corrected chi connectivity index (χ3v) is 9.49. The van der Waals surface area contributed by atoms with Gasteiger partial charge in [0.1, 0.15) is 11.4 Å². The number of fused-ring (bicyclic) bond motifs is 3. The molecule has 1 amide bonds. The fraction of sp³-hybridized carbons (Fsp3) is 0.333. The van der Waals surface area contributed by atoms with Crippen LogP contribution in [-0.2, 0) is 10.3 Å². The van der Waals surface area contributed by atoms with E-state index in [9.17, 15) is 14.7 Å². The Balaban J connectivity index is 1.39. The molecule has 1 aliphatic carbocycles. The molecule has 200 valence electrons. The highest BCUT2D eigenvalue weighted by Crippen LogP contribution is 2.61. The number of nitrogens with one attached hydrogen (secondary N) is 2. The number of halogens is 3. The van der Waals surface area contributed by atoms with Gasteiger partial charge in [-0.1, -0.05) is 53.5 Å². The number of hydrogen-bond acceptors (Lipinski definition) is 4. The van der Waals surface area contributed by atoms with Gasteiger partial charge >= 0.3 is 5.97 Å². The number of carbonyl (C=O) groups excluding carboxylic acids is 1. The van der Waals surface area contributed by atoms with Gasteiger partial charge in [-0.3, -0.25) is 9.69 Å². The summed E-state index contributed by atoms with van der Waals surface area (Å²) in [6, 6.07) is 16.9. The van der Waals surface area contributed by atoms with Gasteiger partial charge in [-0.05, 0) is 66.6 Å². The Morgan fingerprint density at radius 3 is 2.59 bits per heavy atom. The predicted molar refractivity (Wildman–Crippen MR) is 147 cm³/mol. The van der Waals surface area contributed by atoms with Gasteiger partial charge in [0.05, 0.1) is 10.6 Å². The van der Waals surface area contributed by atoms with Crippen LogP contribution in [0.1, 0.15) is 58.3 Å². The van der Waals surface area contributed by atoms with Gasteiger partial charge in [-0.15, -0.1) is 0 Å². The Hall–Kier alpha value is -2.97. The van der Waals surface area contributed by atoms with Crippen LogP contribution in [0.2, 0.25) is 10.0 Å². The summed E-state index contributed by atoms with van der Waals surface area (Å²) < 4.78 is 15.9. The van der Waals surface area contributed by atoms with Gasteiger partial charge in [0.2, 0.25) is 5.91 Å². The van der Waals surface area contributed by atoms with Gasteiger partial charge in [0.15, 0.2) is 0 Å². The van der Waals surface area contributed by atoms with Crippen LogP contribution < -0.4 is 10.6 Å². The molecule has 3 aromatic carbocycles. The number of nitrogens with zero attached hydrogens (tertiary/aromatic N) is 1. The van der Waals surface area contributed by atoms with Gasteiger partial charge in [0.25, 0.3) is 0 Å². The Bertz CT molecular complexity index is 1510. The summed E-state index contributed by atoms with van der Waals surface area (Å²) in [7, 11) is 0. The standard InChI is InChI=1S/C30H26Cl2FN3O3/c31-18-10-11-20-23(12-18)35-29(39)30(20)25(19-2-1-3-21(32)26(19)33)27-24(36(30)14-15-4-5-15)13-22(34-27)16-6-8-17(9-7-16)28(37)38/h1-3,6-12,15,22,24-25,27,34H,4-5,13-14H2,(H,35,39)(H,37,38)/t22-,24+,25+,27-,30-/m1/s1. The summed E-state index contributed by atoms with van der Waals surface area (Å²) in [6.07, 6.45) is 2.89. The van der Waals surface area contributed by atoms with Crippen molar-refractivity contribution in [3.05, 3.63) is 98.8 Å². The smallest absolute Gasteiger partial charge is 0.335 e. The molecule has 1 spiro atoms. The van der Waals surface area contributed by atoms with Crippen molar-refractivity contribution in [2.45, 2.75) is 48.8 Å². The molecule has 6 nitrogen and oxygen atoms in total. The maximum Gasteiger partial charge on any atom is 0.335 e. The molecule has 7 rings (SSSR count). The van der Waals surface area contributed by atoms with E-state index in [0.717, 1.165) is 30.5 Å². The van der Waals surface area contributed by atoms with Crippen molar-refractivity contribution in [2.24, 2.45) is 5.92 Å². The normalized spacial score (nSPS) is 29.5. The first-order chi connectivity index (χ1) is 18.8. The fourth-order valence-corrected chi connectivity index (χ4v) is 7.51. The number of anilines is 1. The first-order valence-corrected chi connectivity index (χ1v) is 14.0. The zero-order chi connectivity index (χ0) is 27.1. The first-order valence-electron chi connectivity index (χ1n) is 13.2. The zero-order valence-corrected chi connectivity index (χ0v) is 22.3. The number of carbonyl (C=O) groups is 2.